The van der Waals surface area contributed by atoms with E-state index in [-0.39, 0.29) is 111 Å². The molecule has 35 heteroatoms. The summed E-state index contributed by atoms with van der Waals surface area (Å²) in [6.45, 7) is 5.73. The maximum atomic E-state index is 12.7. The van der Waals surface area contributed by atoms with Crippen molar-refractivity contribution in [3.05, 3.63) is 23.8 Å². The largest absolute Gasteiger partial charge is 0.471 e. The number of halogens is 5. The molecule has 6 heterocycles. The first-order valence-electron chi connectivity index (χ1n) is 26.1. The monoisotopic (exact) mass is 1180 g/mol. The van der Waals surface area contributed by atoms with Crippen molar-refractivity contribution in [2.45, 2.75) is 119 Å². The third-order valence-electron chi connectivity index (χ3n) is 12.6. The van der Waals surface area contributed by atoms with E-state index in [4.69, 9.17) is 66.3 Å². The number of carbonyl (C=O) groups is 3. The Labute approximate surface area is 460 Å². The number of nitrogens with one attached hydrogen (secondary N) is 3. The Morgan fingerprint density at radius 1 is 0.630 bits per heavy atom. The Kier molecular flexibility index (Phi) is 27.0. The van der Waals surface area contributed by atoms with Crippen LogP contribution in [0.1, 0.15) is 24.7 Å². The number of carbonyl (C=O) groups excluding carboxylic acids is 3. The predicted octanol–water partition coefficient (Wildman–Crippen LogP) is -3.88. The highest BCUT2D eigenvalue weighted by atomic mass is 19.4. The number of aromatic nitrogens is 6. The van der Waals surface area contributed by atoms with Gasteiger partial charge in [-0.05, 0) is 0 Å². The molecule has 81 heavy (non-hydrogen) atoms. The molecule has 0 spiro atoms. The number of hydrogen-bond acceptors (Lipinski definition) is 25. The zero-order valence-electron chi connectivity index (χ0n) is 44.4. The molecule has 30 nitrogen and oxygen atoms in total. The summed E-state index contributed by atoms with van der Waals surface area (Å²) in [5.74, 6) is -4.09. The number of aliphatic hydroxyl groups excluding tert-OH is 4. The molecule has 7 N–H and O–H groups in total. The number of rotatable bonds is 41. The standard InChI is InChI=1S/C46H72F5N9O21/c1-2-32(61)52-31(23-76-21-29-19-59(57-55-29)3-5-68-7-9-70-11-13-72-15-17-74-25-44-27-78-41(80-44)33(35(62)37(44)64)53-40(66)39(47)48)24-77-22-30-20-60(58-56-30)4-6-69-8-10-71-12-14-73-16-18-75-26-45-28-79-42(81-45)34(36(63)38(45)65)54-43(67)46(49,50)51/h19-20,31,33-39,41-42,62-65H,2-18,21-28H2,1H3,(H,52,61)(H,53,66)(H,54,67)/t31?,33-,34-,35-,36-,37-,38-,41+,42+,44+,45+/m1/s1. The van der Waals surface area contributed by atoms with Crippen LogP contribution in [0.5, 0.6) is 0 Å². The number of fused-ring (bicyclic) bond motifs is 4. The number of aliphatic hydroxyl groups is 4. The van der Waals surface area contributed by atoms with E-state index < -0.39 is 90.7 Å². The van der Waals surface area contributed by atoms with Gasteiger partial charge in [0.15, 0.2) is 12.6 Å². The van der Waals surface area contributed by atoms with Gasteiger partial charge in [-0.25, -0.2) is 9.36 Å². The highest BCUT2D eigenvalue weighted by Crippen LogP contribution is 2.39. The van der Waals surface area contributed by atoms with Gasteiger partial charge in [0.05, 0.1) is 177 Å². The molecule has 4 saturated heterocycles. The van der Waals surface area contributed by atoms with Crippen molar-refractivity contribution in [2.24, 2.45) is 0 Å². The lowest BCUT2D eigenvalue weighted by Gasteiger charge is -2.42. The van der Waals surface area contributed by atoms with Crippen LogP contribution in [0.15, 0.2) is 12.4 Å². The molecule has 4 fully saturated rings. The molecule has 2 aromatic rings. The van der Waals surface area contributed by atoms with Gasteiger partial charge in [-0.1, -0.05) is 17.4 Å². The van der Waals surface area contributed by atoms with Crippen LogP contribution in [-0.2, 0) is 107 Å². The molecule has 1 unspecified atom stereocenters. The van der Waals surface area contributed by atoms with Crippen LogP contribution in [0.4, 0.5) is 22.0 Å². The number of alkyl halides is 5. The first-order chi connectivity index (χ1) is 38.9. The Balaban J connectivity index is 0.712. The lowest BCUT2D eigenvalue weighted by molar-refractivity contribution is -0.240. The maximum absolute atomic E-state index is 12.7. The van der Waals surface area contributed by atoms with E-state index in [0.717, 1.165) is 0 Å². The quantitative estimate of drug-likeness (QED) is 0.0247. The fourth-order valence-electron chi connectivity index (χ4n) is 8.36. The summed E-state index contributed by atoms with van der Waals surface area (Å²) >= 11 is 0. The summed E-state index contributed by atoms with van der Waals surface area (Å²) in [4.78, 5) is 35.0. The highest BCUT2D eigenvalue weighted by Gasteiger charge is 2.61. The Morgan fingerprint density at radius 2 is 1.02 bits per heavy atom. The fourth-order valence-corrected chi connectivity index (χ4v) is 8.36. The summed E-state index contributed by atoms with van der Waals surface area (Å²) in [5.41, 5.74) is -1.82. The summed E-state index contributed by atoms with van der Waals surface area (Å²) in [6.07, 6.45) is -14.1. The maximum Gasteiger partial charge on any atom is 0.471 e. The van der Waals surface area contributed by atoms with E-state index in [1.54, 1.807) is 34.0 Å². The van der Waals surface area contributed by atoms with Crippen LogP contribution in [0, 0.1) is 0 Å². The van der Waals surface area contributed by atoms with Crippen molar-refractivity contribution in [1.29, 1.82) is 0 Å². The van der Waals surface area contributed by atoms with E-state index in [1.807, 2.05) is 5.32 Å². The van der Waals surface area contributed by atoms with Gasteiger partial charge in [-0.15, -0.1) is 10.2 Å². The van der Waals surface area contributed by atoms with Gasteiger partial charge in [0.2, 0.25) is 5.91 Å². The van der Waals surface area contributed by atoms with Gasteiger partial charge in [-0.2, -0.15) is 22.0 Å². The van der Waals surface area contributed by atoms with Crippen molar-refractivity contribution in [3.63, 3.8) is 0 Å². The van der Waals surface area contributed by atoms with Gasteiger partial charge < -0.3 is 103 Å². The topological polar surface area (TPSA) is 359 Å². The molecule has 3 amide bonds. The van der Waals surface area contributed by atoms with Crippen LogP contribution in [0.25, 0.3) is 0 Å². The van der Waals surface area contributed by atoms with Crippen LogP contribution >= 0.6 is 0 Å². The molecule has 4 aliphatic rings. The minimum absolute atomic E-state index is 0.0627. The van der Waals surface area contributed by atoms with E-state index in [2.05, 4.69) is 25.9 Å². The third-order valence-corrected chi connectivity index (χ3v) is 12.6. The SMILES string of the molecule is CCC(=O)NC(COCc1cn(CCOCCOCCOCCOC[C@@]23CO[C@@H](O2)[C@H](NC(=O)C(F)F)[C@@H](O)[C@H]3O)nn1)COCc1cn(CCOCCOCCOCCOC[C@@]23CO[C@@H](O2)[C@H](NC(=O)C(F)(F)F)[C@@H](O)[C@H]3O)nn1. The molecule has 0 saturated carbocycles. The van der Waals surface area contributed by atoms with Crippen molar-refractivity contribution >= 4 is 17.7 Å². The van der Waals surface area contributed by atoms with Crippen molar-refractivity contribution in [3.8, 4) is 0 Å². The molecular formula is C46H72F5N9O21. The molecule has 4 bridgehead atoms. The minimum atomic E-state index is -5.20. The molecule has 4 aliphatic heterocycles. The fraction of sp³-hybridized carbons (Fsp3) is 0.848. The average molecular weight is 1180 g/mol. The van der Waals surface area contributed by atoms with E-state index in [0.29, 0.717) is 70.7 Å². The van der Waals surface area contributed by atoms with Gasteiger partial charge in [0.25, 0.3) is 5.91 Å². The van der Waals surface area contributed by atoms with Gasteiger partial charge in [0.1, 0.15) is 59.1 Å². The van der Waals surface area contributed by atoms with Crippen LogP contribution in [-0.4, -0.2) is 279 Å². The molecule has 0 aromatic carbocycles. The number of ether oxygens (including phenoxy) is 14. The van der Waals surface area contributed by atoms with Crippen molar-refractivity contribution in [1.82, 2.24) is 45.9 Å². The molecule has 11 atom stereocenters. The average Bonchev–Trinajstić information content (AvgIpc) is 4.41. The normalized spacial score (nSPS) is 26.6. The van der Waals surface area contributed by atoms with E-state index >= 15 is 0 Å². The summed E-state index contributed by atoms with van der Waals surface area (Å²) in [7, 11) is 0. The summed E-state index contributed by atoms with van der Waals surface area (Å²) < 4.78 is 144. The first-order valence-corrected chi connectivity index (χ1v) is 26.1. The first kappa shape index (κ1) is 65.8. The lowest BCUT2D eigenvalue weighted by Crippen LogP contribution is -2.67. The smallest absolute Gasteiger partial charge is 0.388 e. The predicted molar refractivity (Wildman–Crippen MR) is 255 cm³/mol. The number of amides is 3. The molecular weight excluding hydrogens is 1110 g/mol. The van der Waals surface area contributed by atoms with E-state index in [1.165, 1.54) is 0 Å². The second kappa shape index (κ2) is 33.2. The molecule has 0 radical (unpaired) electrons. The highest BCUT2D eigenvalue weighted by molar-refractivity contribution is 5.82. The number of nitrogens with zero attached hydrogens (tertiary/aromatic N) is 6. The van der Waals surface area contributed by atoms with Crippen LogP contribution < -0.4 is 16.0 Å². The zero-order chi connectivity index (χ0) is 58.3. The van der Waals surface area contributed by atoms with Crippen molar-refractivity contribution in [2.75, 3.05) is 132 Å². The van der Waals surface area contributed by atoms with E-state index in [9.17, 15) is 56.8 Å². The summed E-state index contributed by atoms with van der Waals surface area (Å²) in [5, 5.41) is 64.8. The second-order valence-corrected chi connectivity index (χ2v) is 18.8. The van der Waals surface area contributed by atoms with Crippen LogP contribution in [0.3, 0.4) is 0 Å². The molecule has 0 aliphatic carbocycles. The Bertz CT molecular complexity index is 2180. The Morgan fingerprint density at radius 3 is 1.42 bits per heavy atom. The third kappa shape index (κ3) is 20.4. The Hall–Kier alpha value is -4.38. The molecule has 6 rings (SSSR count). The molecule has 2 aromatic heterocycles. The van der Waals surface area contributed by atoms with Gasteiger partial charge >= 0.3 is 18.5 Å². The molecule has 462 valence electrons. The van der Waals surface area contributed by atoms with Gasteiger partial charge in [0, 0.05) is 6.42 Å². The lowest BCUT2D eigenvalue weighted by atomic mass is 9.88. The minimum Gasteiger partial charge on any atom is -0.388 e. The van der Waals surface area contributed by atoms with Crippen molar-refractivity contribution < 1.29 is 123 Å². The second-order valence-electron chi connectivity index (χ2n) is 18.8. The van der Waals surface area contributed by atoms with Crippen LogP contribution in [0.2, 0.25) is 0 Å². The van der Waals surface area contributed by atoms with Gasteiger partial charge in [-0.3, -0.25) is 14.4 Å². The summed E-state index contributed by atoms with van der Waals surface area (Å²) in [6, 6.07) is -3.46. The number of hydrogen-bond donors (Lipinski definition) is 7. The zero-order valence-corrected chi connectivity index (χ0v) is 44.4.